The summed E-state index contributed by atoms with van der Waals surface area (Å²) in [4.78, 5) is 0. The fourth-order valence-corrected chi connectivity index (χ4v) is 2.66. The van der Waals surface area contributed by atoms with Gasteiger partial charge in [-0.15, -0.1) is 0 Å². The molecule has 0 spiro atoms. The van der Waals surface area contributed by atoms with Crippen molar-refractivity contribution in [3.8, 4) is 0 Å². The molecule has 0 aliphatic carbocycles. The standard InChI is InChI=1S/C12H18N2O2S/c1-12(2,3)10-4-6-11(7-5-10)13-17(15,16)14-8-9-14/h4-7,13H,8-9H2,1-3H3. The van der Waals surface area contributed by atoms with Gasteiger partial charge in [0.25, 0.3) is 0 Å². The molecule has 1 N–H and O–H groups in total. The number of benzene rings is 1. The van der Waals surface area contributed by atoms with Gasteiger partial charge in [-0.25, -0.2) is 0 Å². The van der Waals surface area contributed by atoms with E-state index in [4.69, 9.17) is 0 Å². The maximum Gasteiger partial charge on any atom is 0.301 e. The first kappa shape index (κ1) is 12.4. The highest BCUT2D eigenvalue weighted by Gasteiger charge is 2.31. The van der Waals surface area contributed by atoms with Gasteiger partial charge in [0.1, 0.15) is 0 Å². The molecule has 4 nitrogen and oxygen atoms in total. The zero-order valence-electron chi connectivity index (χ0n) is 10.4. The summed E-state index contributed by atoms with van der Waals surface area (Å²) >= 11 is 0. The number of rotatable bonds is 3. The molecule has 0 bridgehead atoms. The molecule has 0 saturated carbocycles. The average Bonchev–Trinajstić information content (AvgIpc) is 2.99. The first-order valence-electron chi connectivity index (χ1n) is 5.67. The second kappa shape index (κ2) is 3.99. The minimum atomic E-state index is -3.31. The quantitative estimate of drug-likeness (QED) is 0.838. The lowest BCUT2D eigenvalue weighted by atomic mass is 9.87. The minimum absolute atomic E-state index is 0.0808. The second-order valence-corrected chi connectivity index (χ2v) is 7.00. The van der Waals surface area contributed by atoms with E-state index in [0.717, 1.165) is 0 Å². The fourth-order valence-electron chi connectivity index (χ4n) is 1.53. The van der Waals surface area contributed by atoms with Crippen LogP contribution in [0.4, 0.5) is 5.69 Å². The summed E-state index contributed by atoms with van der Waals surface area (Å²) in [6, 6.07) is 7.53. The summed E-state index contributed by atoms with van der Waals surface area (Å²) in [5.74, 6) is 0. The Kier molecular flexibility index (Phi) is 2.91. The van der Waals surface area contributed by atoms with Crippen LogP contribution in [0.5, 0.6) is 0 Å². The van der Waals surface area contributed by atoms with Gasteiger partial charge in [-0.05, 0) is 23.1 Å². The number of hydrogen-bond acceptors (Lipinski definition) is 2. The molecule has 1 aliphatic heterocycles. The Bertz CT molecular complexity index is 496. The lowest BCUT2D eigenvalue weighted by molar-refractivity contribution is 0.569. The van der Waals surface area contributed by atoms with Gasteiger partial charge < -0.3 is 0 Å². The van der Waals surface area contributed by atoms with Crippen LogP contribution >= 0.6 is 0 Å². The van der Waals surface area contributed by atoms with Crippen LogP contribution in [-0.4, -0.2) is 25.8 Å². The number of nitrogens with one attached hydrogen (secondary N) is 1. The lowest BCUT2D eigenvalue weighted by Crippen LogP contribution is -2.21. The predicted octanol–water partition coefficient (Wildman–Crippen LogP) is 1.96. The Hall–Kier alpha value is -1.07. The third-order valence-electron chi connectivity index (χ3n) is 2.74. The summed E-state index contributed by atoms with van der Waals surface area (Å²) in [5, 5.41) is 0. The number of nitrogens with zero attached hydrogens (tertiary/aromatic N) is 1. The van der Waals surface area contributed by atoms with Crippen LogP contribution in [0.1, 0.15) is 26.3 Å². The van der Waals surface area contributed by atoms with E-state index in [1.54, 1.807) is 0 Å². The van der Waals surface area contributed by atoms with E-state index >= 15 is 0 Å². The molecule has 0 amide bonds. The summed E-state index contributed by atoms with van der Waals surface area (Å²) in [6.07, 6.45) is 0. The SMILES string of the molecule is CC(C)(C)c1ccc(NS(=O)(=O)N2CC2)cc1. The Morgan fingerprint density at radius 3 is 2.06 bits per heavy atom. The van der Waals surface area contributed by atoms with Gasteiger partial charge in [0.15, 0.2) is 0 Å². The van der Waals surface area contributed by atoms with E-state index < -0.39 is 10.2 Å². The van der Waals surface area contributed by atoms with Gasteiger partial charge in [-0.3, -0.25) is 4.72 Å². The maximum atomic E-state index is 11.7. The Balaban J connectivity index is 2.14. The van der Waals surface area contributed by atoms with Crippen molar-refractivity contribution in [2.45, 2.75) is 26.2 Å². The highest BCUT2D eigenvalue weighted by atomic mass is 32.2. The molecule has 1 aromatic rings. The van der Waals surface area contributed by atoms with Crippen LogP contribution in [0.3, 0.4) is 0 Å². The van der Waals surface area contributed by atoms with Gasteiger partial charge in [0.05, 0.1) is 0 Å². The first-order valence-corrected chi connectivity index (χ1v) is 7.11. The van der Waals surface area contributed by atoms with E-state index in [2.05, 4.69) is 25.5 Å². The Morgan fingerprint density at radius 2 is 1.65 bits per heavy atom. The predicted molar refractivity (Wildman–Crippen MR) is 69.3 cm³/mol. The highest BCUT2D eigenvalue weighted by Crippen LogP contribution is 2.24. The Labute approximate surface area is 103 Å². The zero-order valence-corrected chi connectivity index (χ0v) is 11.2. The maximum absolute atomic E-state index is 11.7. The normalized spacial score (nSPS) is 16.9. The third kappa shape index (κ3) is 2.98. The number of anilines is 1. The molecule has 0 radical (unpaired) electrons. The van der Waals surface area contributed by atoms with Gasteiger partial charge in [-0.1, -0.05) is 32.9 Å². The van der Waals surface area contributed by atoms with E-state index in [1.807, 2.05) is 24.3 Å². The Morgan fingerprint density at radius 1 is 1.12 bits per heavy atom. The molecule has 1 heterocycles. The first-order chi connectivity index (χ1) is 7.79. The van der Waals surface area contributed by atoms with Crippen LogP contribution < -0.4 is 4.72 Å². The molecule has 1 aromatic carbocycles. The summed E-state index contributed by atoms with van der Waals surface area (Å²) < 4.78 is 27.3. The van der Waals surface area contributed by atoms with E-state index in [0.29, 0.717) is 18.8 Å². The van der Waals surface area contributed by atoms with Crippen molar-refractivity contribution in [3.05, 3.63) is 29.8 Å². The smallest absolute Gasteiger partial charge is 0.271 e. The molecule has 1 saturated heterocycles. The molecular formula is C12H18N2O2S. The summed E-state index contributed by atoms with van der Waals surface area (Å²) in [7, 11) is -3.31. The van der Waals surface area contributed by atoms with Crippen LogP contribution in [0, 0.1) is 0 Å². The molecule has 0 aromatic heterocycles. The zero-order chi connectivity index (χ0) is 12.7. The molecular weight excluding hydrogens is 236 g/mol. The molecule has 0 atom stereocenters. The molecule has 0 unspecified atom stereocenters. The lowest BCUT2D eigenvalue weighted by Gasteiger charge is -2.19. The topological polar surface area (TPSA) is 49.2 Å². The molecule has 5 heteroatoms. The highest BCUT2D eigenvalue weighted by molar-refractivity contribution is 7.90. The van der Waals surface area contributed by atoms with E-state index in [-0.39, 0.29) is 5.41 Å². The fraction of sp³-hybridized carbons (Fsp3) is 0.500. The second-order valence-electron chi connectivity index (χ2n) is 5.33. The van der Waals surface area contributed by atoms with Crippen molar-refractivity contribution in [3.63, 3.8) is 0 Å². The minimum Gasteiger partial charge on any atom is -0.271 e. The van der Waals surface area contributed by atoms with E-state index in [1.165, 1.54) is 9.87 Å². The van der Waals surface area contributed by atoms with Crippen LogP contribution in [0.25, 0.3) is 0 Å². The average molecular weight is 254 g/mol. The van der Waals surface area contributed by atoms with Gasteiger partial charge in [0, 0.05) is 18.8 Å². The summed E-state index contributed by atoms with van der Waals surface area (Å²) in [6.45, 7) is 7.62. The van der Waals surface area contributed by atoms with Gasteiger partial charge in [0.2, 0.25) is 0 Å². The van der Waals surface area contributed by atoms with Crippen LogP contribution in [0.15, 0.2) is 24.3 Å². The van der Waals surface area contributed by atoms with Crippen molar-refractivity contribution in [2.75, 3.05) is 17.8 Å². The molecule has 1 fully saturated rings. The van der Waals surface area contributed by atoms with Gasteiger partial charge in [-0.2, -0.15) is 12.7 Å². The molecule has 17 heavy (non-hydrogen) atoms. The summed E-state index contributed by atoms with van der Waals surface area (Å²) in [5.41, 5.74) is 1.88. The van der Waals surface area contributed by atoms with Crippen LogP contribution in [-0.2, 0) is 15.6 Å². The van der Waals surface area contributed by atoms with E-state index in [9.17, 15) is 8.42 Å². The monoisotopic (exact) mass is 254 g/mol. The molecule has 2 rings (SSSR count). The van der Waals surface area contributed by atoms with Crippen LogP contribution in [0.2, 0.25) is 0 Å². The van der Waals surface area contributed by atoms with Crippen molar-refractivity contribution in [1.29, 1.82) is 0 Å². The van der Waals surface area contributed by atoms with Crippen molar-refractivity contribution in [1.82, 2.24) is 4.31 Å². The van der Waals surface area contributed by atoms with Crippen molar-refractivity contribution in [2.24, 2.45) is 0 Å². The largest absolute Gasteiger partial charge is 0.301 e. The molecule has 94 valence electrons. The van der Waals surface area contributed by atoms with Gasteiger partial charge >= 0.3 is 10.2 Å². The third-order valence-corrected chi connectivity index (χ3v) is 4.28. The van der Waals surface area contributed by atoms with Crippen molar-refractivity contribution >= 4 is 15.9 Å². The number of hydrogen-bond donors (Lipinski definition) is 1. The van der Waals surface area contributed by atoms with Crippen molar-refractivity contribution < 1.29 is 8.42 Å². The molecule has 1 aliphatic rings.